The summed E-state index contributed by atoms with van der Waals surface area (Å²) < 4.78 is 0. The van der Waals surface area contributed by atoms with Gasteiger partial charge in [0.25, 0.3) is 0 Å². The van der Waals surface area contributed by atoms with E-state index in [-0.39, 0.29) is 28.8 Å². The summed E-state index contributed by atoms with van der Waals surface area (Å²) in [6, 6.07) is 0. The van der Waals surface area contributed by atoms with Crippen LogP contribution >= 0.6 is 0 Å². The van der Waals surface area contributed by atoms with Gasteiger partial charge in [-0.25, -0.2) is 0 Å². The van der Waals surface area contributed by atoms with E-state index in [0.29, 0.717) is 18.1 Å². The summed E-state index contributed by atoms with van der Waals surface area (Å²) in [4.78, 5) is 12.9. The number of aliphatic hydroxyl groups excluding tert-OH is 2. The Morgan fingerprint density at radius 1 is 1.22 bits per heavy atom. The number of allylic oxidation sites excluding steroid dienone is 1. The second-order valence-electron chi connectivity index (χ2n) is 9.22. The molecular weight excluding hydrogens is 288 g/mol. The molecule has 3 rings (SSSR count). The van der Waals surface area contributed by atoms with Gasteiger partial charge >= 0.3 is 0 Å². The summed E-state index contributed by atoms with van der Waals surface area (Å²) in [5.74, 6) is 0.972. The van der Waals surface area contributed by atoms with Crippen LogP contribution in [0.4, 0.5) is 0 Å². The van der Waals surface area contributed by atoms with Gasteiger partial charge in [0.15, 0.2) is 0 Å². The Morgan fingerprint density at radius 2 is 1.91 bits per heavy atom. The van der Waals surface area contributed by atoms with E-state index in [4.69, 9.17) is 0 Å². The lowest BCUT2D eigenvalue weighted by Crippen LogP contribution is -2.58. The maximum absolute atomic E-state index is 12.9. The van der Waals surface area contributed by atoms with Gasteiger partial charge in [0.2, 0.25) is 0 Å². The molecule has 0 aromatic carbocycles. The predicted octanol–water partition coefficient (Wildman–Crippen LogP) is 3.49. The quantitative estimate of drug-likeness (QED) is 0.766. The summed E-state index contributed by atoms with van der Waals surface area (Å²) in [5.41, 5.74) is 1.03. The normalized spacial score (nSPS) is 48.6. The first kappa shape index (κ1) is 17.2. The average Bonchev–Trinajstić information content (AvgIpc) is 2.51. The van der Waals surface area contributed by atoms with Crippen LogP contribution in [-0.4, -0.2) is 28.7 Å². The molecule has 0 bridgehead atoms. The van der Waals surface area contributed by atoms with Gasteiger partial charge in [-0.05, 0) is 60.7 Å². The Balaban J connectivity index is 1.93. The number of fused-ring (bicyclic) bond motifs is 3. The molecular formula is C20H32O3. The molecule has 3 heteroatoms. The van der Waals surface area contributed by atoms with Crippen molar-refractivity contribution in [3.63, 3.8) is 0 Å². The summed E-state index contributed by atoms with van der Waals surface area (Å²) in [6.45, 7) is 10.8. The summed E-state index contributed by atoms with van der Waals surface area (Å²) in [7, 11) is 0. The number of carbonyl (C=O) groups excluding carboxylic acids is 1. The van der Waals surface area contributed by atoms with Gasteiger partial charge in [0.1, 0.15) is 5.78 Å². The lowest BCUT2D eigenvalue weighted by molar-refractivity contribution is -0.158. The smallest absolute Gasteiger partial charge is 0.137 e. The SMILES string of the molecule is C=C1CCC(=O)[C@@H]2[C@@]3(C)CC[C@](C)([C@H](O)CO)C[C@@H]3CC[C@@]12C. The first-order chi connectivity index (χ1) is 10.7. The lowest BCUT2D eigenvalue weighted by atomic mass is 9.41. The second kappa shape index (κ2) is 5.42. The third-order valence-corrected chi connectivity index (χ3v) is 7.97. The lowest BCUT2D eigenvalue weighted by Gasteiger charge is -2.62. The minimum atomic E-state index is -0.655. The monoisotopic (exact) mass is 320 g/mol. The molecule has 0 heterocycles. The molecule has 0 aromatic heterocycles. The van der Waals surface area contributed by atoms with Crippen molar-refractivity contribution >= 4 is 5.78 Å². The number of hydrogen-bond donors (Lipinski definition) is 2. The standard InChI is InChI=1S/C20H32O3/c1-13-5-6-15(22)17-19(13,3)8-7-14-11-18(2,16(23)12-21)9-10-20(14,17)4/h14,16-17,21,23H,1,5-12H2,2-4H3/t14-,16+,17-,18-,19-,20-/m0/s1. The first-order valence-electron chi connectivity index (χ1n) is 9.17. The zero-order valence-electron chi connectivity index (χ0n) is 14.9. The van der Waals surface area contributed by atoms with Gasteiger partial charge in [0, 0.05) is 12.3 Å². The van der Waals surface area contributed by atoms with Gasteiger partial charge in [-0.3, -0.25) is 4.79 Å². The molecule has 3 saturated carbocycles. The zero-order chi connectivity index (χ0) is 17.0. The number of aliphatic hydroxyl groups is 2. The first-order valence-corrected chi connectivity index (χ1v) is 9.17. The highest BCUT2D eigenvalue weighted by Gasteiger charge is 2.61. The molecule has 0 saturated heterocycles. The van der Waals surface area contributed by atoms with E-state index in [2.05, 4.69) is 27.4 Å². The van der Waals surface area contributed by atoms with E-state index in [9.17, 15) is 15.0 Å². The molecule has 0 amide bonds. The Hall–Kier alpha value is -0.670. The fourth-order valence-electron chi connectivity index (χ4n) is 6.15. The molecule has 0 unspecified atom stereocenters. The van der Waals surface area contributed by atoms with Crippen molar-refractivity contribution in [1.29, 1.82) is 0 Å². The molecule has 0 aromatic rings. The summed E-state index contributed by atoms with van der Waals surface area (Å²) in [5, 5.41) is 19.7. The van der Waals surface area contributed by atoms with Crippen molar-refractivity contribution < 1.29 is 15.0 Å². The van der Waals surface area contributed by atoms with E-state index in [1.54, 1.807) is 0 Å². The van der Waals surface area contributed by atoms with Crippen LogP contribution in [0.15, 0.2) is 12.2 Å². The van der Waals surface area contributed by atoms with Crippen molar-refractivity contribution in [1.82, 2.24) is 0 Å². The third kappa shape index (κ3) is 2.34. The van der Waals surface area contributed by atoms with E-state index in [0.717, 1.165) is 38.5 Å². The largest absolute Gasteiger partial charge is 0.394 e. The van der Waals surface area contributed by atoms with E-state index >= 15 is 0 Å². The molecule has 0 aliphatic heterocycles. The topological polar surface area (TPSA) is 57.5 Å². The Bertz CT molecular complexity index is 527. The van der Waals surface area contributed by atoms with Gasteiger partial charge in [-0.1, -0.05) is 32.9 Å². The molecule has 0 spiro atoms. The molecule has 2 N–H and O–H groups in total. The third-order valence-electron chi connectivity index (χ3n) is 7.97. The number of carbonyl (C=O) groups is 1. The van der Waals surface area contributed by atoms with Crippen LogP contribution < -0.4 is 0 Å². The van der Waals surface area contributed by atoms with Crippen LogP contribution in [0.3, 0.4) is 0 Å². The molecule has 3 fully saturated rings. The predicted molar refractivity (Wildman–Crippen MR) is 90.9 cm³/mol. The van der Waals surface area contributed by atoms with E-state index < -0.39 is 6.10 Å². The van der Waals surface area contributed by atoms with Crippen LogP contribution in [0.1, 0.15) is 65.7 Å². The van der Waals surface area contributed by atoms with Crippen molar-refractivity contribution in [3.8, 4) is 0 Å². The maximum Gasteiger partial charge on any atom is 0.137 e. The number of rotatable bonds is 2. The molecule has 6 atom stereocenters. The Labute approximate surface area is 140 Å². The average molecular weight is 320 g/mol. The van der Waals surface area contributed by atoms with Gasteiger partial charge < -0.3 is 10.2 Å². The molecule has 0 radical (unpaired) electrons. The van der Waals surface area contributed by atoms with Crippen molar-refractivity contribution in [2.24, 2.45) is 28.1 Å². The number of hydrogen-bond acceptors (Lipinski definition) is 3. The van der Waals surface area contributed by atoms with Crippen LogP contribution in [0.2, 0.25) is 0 Å². The molecule has 3 aliphatic rings. The van der Waals surface area contributed by atoms with Crippen LogP contribution in [-0.2, 0) is 4.79 Å². The van der Waals surface area contributed by atoms with Crippen molar-refractivity contribution in [3.05, 3.63) is 12.2 Å². The molecule has 23 heavy (non-hydrogen) atoms. The van der Waals surface area contributed by atoms with E-state index in [1.165, 1.54) is 5.57 Å². The highest BCUT2D eigenvalue weighted by Crippen LogP contribution is 2.66. The fraction of sp³-hybridized carbons (Fsp3) is 0.850. The minimum Gasteiger partial charge on any atom is -0.394 e. The number of ketones is 1. The van der Waals surface area contributed by atoms with Gasteiger partial charge in [0.05, 0.1) is 12.7 Å². The zero-order valence-corrected chi connectivity index (χ0v) is 14.9. The summed E-state index contributed by atoms with van der Waals surface area (Å²) >= 11 is 0. The maximum atomic E-state index is 12.9. The van der Waals surface area contributed by atoms with Gasteiger partial charge in [-0.15, -0.1) is 0 Å². The highest BCUT2D eigenvalue weighted by molar-refractivity contribution is 5.85. The highest BCUT2D eigenvalue weighted by atomic mass is 16.3. The molecule has 130 valence electrons. The van der Waals surface area contributed by atoms with Crippen LogP contribution in [0.25, 0.3) is 0 Å². The molecule has 3 nitrogen and oxygen atoms in total. The second-order valence-corrected chi connectivity index (χ2v) is 9.22. The van der Waals surface area contributed by atoms with Crippen molar-refractivity contribution in [2.75, 3.05) is 6.61 Å². The van der Waals surface area contributed by atoms with Crippen molar-refractivity contribution in [2.45, 2.75) is 71.8 Å². The number of Topliss-reactive ketones (excluding diaryl/α,β-unsaturated/α-hetero) is 1. The van der Waals surface area contributed by atoms with Gasteiger partial charge in [-0.2, -0.15) is 0 Å². The van der Waals surface area contributed by atoms with Crippen LogP contribution in [0.5, 0.6) is 0 Å². The van der Waals surface area contributed by atoms with Crippen LogP contribution in [0, 0.1) is 28.1 Å². The molecule has 3 aliphatic carbocycles. The van der Waals surface area contributed by atoms with E-state index in [1.807, 2.05) is 0 Å². The Morgan fingerprint density at radius 3 is 2.57 bits per heavy atom. The summed E-state index contributed by atoms with van der Waals surface area (Å²) in [6.07, 6.45) is 5.75. The minimum absolute atomic E-state index is 0.0160. The Kier molecular flexibility index (Phi) is 4.04. The fourth-order valence-corrected chi connectivity index (χ4v) is 6.15.